The maximum Gasteiger partial charge on any atom is 0.131 e. The molecule has 1 fully saturated rings. The van der Waals surface area contributed by atoms with E-state index in [1.54, 1.807) is 4.68 Å². The van der Waals surface area contributed by atoms with Crippen molar-refractivity contribution < 1.29 is 5.11 Å². The largest absolute Gasteiger partial charge is 0.396 e. The molecule has 1 aromatic carbocycles. The maximum absolute atomic E-state index is 9.66. The Bertz CT molecular complexity index is 670. The average Bonchev–Trinajstić information content (AvgIpc) is 2.84. The number of hydrogen-bond donors (Lipinski definition) is 1. The van der Waals surface area contributed by atoms with Crippen LogP contribution in [-0.2, 0) is 13.6 Å². The van der Waals surface area contributed by atoms with Crippen LogP contribution in [0.1, 0.15) is 25.3 Å². The number of aromatic nitrogens is 2. The van der Waals surface area contributed by atoms with Gasteiger partial charge in [-0.1, -0.05) is 48.9 Å². The first kappa shape index (κ1) is 16.5. The molecule has 1 atom stereocenters. The zero-order valence-corrected chi connectivity index (χ0v) is 14.6. The number of rotatable bonds is 4. The second kappa shape index (κ2) is 6.63. The van der Waals surface area contributed by atoms with Crippen molar-refractivity contribution in [2.24, 2.45) is 12.5 Å². The lowest BCUT2D eigenvalue weighted by molar-refractivity contribution is 0.0430. The smallest absolute Gasteiger partial charge is 0.131 e. The third-order valence-electron chi connectivity index (χ3n) is 4.74. The molecule has 1 aliphatic heterocycles. The second-order valence-electron chi connectivity index (χ2n) is 6.89. The summed E-state index contributed by atoms with van der Waals surface area (Å²) in [5, 5.41) is 15.0. The van der Waals surface area contributed by atoms with Crippen molar-refractivity contribution in [1.82, 2.24) is 14.7 Å². The first-order chi connectivity index (χ1) is 11.0. The van der Waals surface area contributed by atoms with Crippen LogP contribution in [0.2, 0.25) is 5.15 Å². The highest BCUT2D eigenvalue weighted by Gasteiger charge is 2.31. The molecule has 0 bridgehead atoms. The minimum atomic E-state index is -0.0140. The highest BCUT2D eigenvalue weighted by molar-refractivity contribution is 6.30. The summed E-state index contributed by atoms with van der Waals surface area (Å²) in [5.41, 5.74) is 3.10. The van der Waals surface area contributed by atoms with Gasteiger partial charge in [0.1, 0.15) is 5.15 Å². The van der Waals surface area contributed by atoms with Crippen molar-refractivity contribution in [2.45, 2.75) is 26.3 Å². The Labute approximate surface area is 142 Å². The van der Waals surface area contributed by atoms with E-state index in [0.717, 1.165) is 49.3 Å². The van der Waals surface area contributed by atoms with E-state index in [2.05, 4.69) is 29.1 Å². The lowest BCUT2D eigenvalue weighted by Gasteiger charge is -2.39. The second-order valence-corrected chi connectivity index (χ2v) is 7.25. The highest BCUT2D eigenvalue weighted by Crippen LogP contribution is 2.33. The van der Waals surface area contributed by atoms with Crippen molar-refractivity contribution in [3.05, 3.63) is 41.0 Å². The predicted molar refractivity (Wildman–Crippen MR) is 93.4 cm³/mol. The minimum absolute atomic E-state index is 0.0140. The zero-order chi connectivity index (χ0) is 16.4. The molecule has 1 unspecified atom stereocenters. The number of aliphatic hydroxyl groups excluding tert-OH is 1. The Kier molecular flexibility index (Phi) is 4.76. The van der Waals surface area contributed by atoms with Gasteiger partial charge in [-0.15, -0.1) is 0 Å². The molecule has 1 N–H and O–H groups in total. The number of nitrogens with zero attached hydrogens (tertiary/aromatic N) is 3. The lowest BCUT2D eigenvalue weighted by Crippen LogP contribution is -2.43. The van der Waals surface area contributed by atoms with Crippen LogP contribution < -0.4 is 0 Å². The van der Waals surface area contributed by atoms with E-state index < -0.39 is 0 Å². The molecule has 2 aromatic rings. The van der Waals surface area contributed by atoms with Gasteiger partial charge in [0.2, 0.25) is 0 Å². The molecule has 0 amide bonds. The summed E-state index contributed by atoms with van der Waals surface area (Å²) in [7, 11) is 1.88. The first-order valence-corrected chi connectivity index (χ1v) is 8.50. The van der Waals surface area contributed by atoms with Crippen molar-refractivity contribution in [1.29, 1.82) is 0 Å². The van der Waals surface area contributed by atoms with Crippen LogP contribution in [-0.4, -0.2) is 39.5 Å². The number of hydrogen-bond acceptors (Lipinski definition) is 3. The van der Waals surface area contributed by atoms with E-state index >= 15 is 0 Å². The van der Waals surface area contributed by atoms with E-state index in [-0.39, 0.29) is 12.0 Å². The van der Waals surface area contributed by atoms with Gasteiger partial charge in [-0.3, -0.25) is 9.58 Å². The van der Waals surface area contributed by atoms with E-state index in [1.807, 2.05) is 25.2 Å². The SMILES string of the molecule is Cn1nc(-c2ccccc2)c(CN2CCCC(C)(CO)C2)c1Cl. The van der Waals surface area contributed by atoms with Gasteiger partial charge in [0.15, 0.2) is 0 Å². The summed E-state index contributed by atoms with van der Waals surface area (Å²) < 4.78 is 1.74. The van der Waals surface area contributed by atoms with E-state index in [9.17, 15) is 5.11 Å². The molecule has 0 spiro atoms. The van der Waals surface area contributed by atoms with E-state index in [0.29, 0.717) is 5.15 Å². The van der Waals surface area contributed by atoms with E-state index in [1.165, 1.54) is 0 Å². The Balaban J connectivity index is 1.88. The number of piperidine rings is 1. The van der Waals surface area contributed by atoms with Crippen LogP contribution in [0.15, 0.2) is 30.3 Å². The number of halogens is 1. The number of likely N-dealkylation sites (tertiary alicyclic amines) is 1. The lowest BCUT2D eigenvalue weighted by atomic mass is 9.82. The molecule has 0 radical (unpaired) electrons. The van der Waals surface area contributed by atoms with E-state index in [4.69, 9.17) is 11.6 Å². The van der Waals surface area contributed by atoms with Crippen molar-refractivity contribution in [3.8, 4) is 11.3 Å². The zero-order valence-electron chi connectivity index (χ0n) is 13.8. The first-order valence-electron chi connectivity index (χ1n) is 8.12. The highest BCUT2D eigenvalue weighted by atomic mass is 35.5. The van der Waals surface area contributed by atoms with Crippen LogP contribution in [0.3, 0.4) is 0 Å². The van der Waals surface area contributed by atoms with Crippen molar-refractivity contribution in [2.75, 3.05) is 19.7 Å². The fraction of sp³-hybridized carbons (Fsp3) is 0.500. The Morgan fingerprint density at radius 2 is 2.04 bits per heavy atom. The summed E-state index contributed by atoms with van der Waals surface area (Å²) in [6, 6.07) is 10.2. The Morgan fingerprint density at radius 3 is 2.74 bits per heavy atom. The molecule has 1 aromatic heterocycles. The molecule has 0 aliphatic carbocycles. The quantitative estimate of drug-likeness (QED) is 0.933. The normalized spacial score (nSPS) is 22.4. The molecular weight excluding hydrogens is 310 g/mol. The third kappa shape index (κ3) is 3.44. The summed E-state index contributed by atoms with van der Waals surface area (Å²) in [5.74, 6) is 0. The molecule has 5 heteroatoms. The minimum Gasteiger partial charge on any atom is -0.396 e. The summed E-state index contributed by atoms with van der Waals surface area (Å²) >= 11 is 6.51. The molecule has 124 valence electrons. The summed E-state index contributed by atoms with van der Waals surface area (Å²) in [6.07, 6.45) is 2.18. The number of benzene rings is 1. The van der Waals surface area contributed by atoms with Gasteiger partial charge in [0.25, 0.3) is 0 Å². The fourth-order valence-corrected chi connectivity index (χ4v) is 3.62. The third-order valence-corrected chi connectivity index (χ3v) is 5.21. The topological polar surface area (TPSA) is 41.3 Å². The van der Waals surface area contributed by atoms with Crippen molar-refractivity contribution >= 4 is 11.6 Å². The monoisotopic (exact) mass is 333 g/mol. The van der Waals surface area contributed by atoms with Gasteiger partial charge in [-0.2, -0.15) is 5.10 Å². The van der Waals surface area contributed by atoms with Gasteiger partial charge in [0.05, 0.1) is 5.69 Å². The molecule has 23 heavy (non-hydrogen) atoms. The molecular formula is C18H24ClN3O. The van der Waals surface area contributed by atoms with Crippen molar-refractivity contribution in [3.63, 3.8) is 0 Å². The van der Waals surface area contributed by atoms with Crippen LogP contribution >= 0.6 is 11.6 Å². The van der Waals surface area contributed by atoms with Crippen LogP contribution in [0.5, 0.6) is 0 Å². The Morgan fingerprint density at radius 1 is 1.30 bits per heavy atom. The van der Waals surface area contributed by atoms with Gasteiger partial charge >= 0.3 is 0 Å². The fourth-order valence-electron chi connectivity index (χ4n) is 3.43. The molecule has 2 heterocycles. The predicted octanol–water partition coefficient (Wildman–Crippen LogP) is 3.33. The van der Waals surface area contributed by atoms with Gasteiger partial charge in [-0.25, -0.2) is 0 Å². The maximum atomic E-state index is 9.66. The van der Waals surface area contributed by atoms with Gasteiger partial charge in [0, 0.05) is 43.3 Å². The number of aliphatic hydroxyl groups is 1. The Hall–Kier alpha value is -1.36. The standard InChI is InChI=1S/C18H24ClN3O/c1-18(13-23)9-6-10-22(12-18)11-15-16(20-21(2)17(15)19)14-7-4-3-5-8-14/h3-5,7-8,23H,6,9-13H2,1-2H3. The molecule has 1 saturated heterocycles. The summed E-state index contributed by atoms with van der Waals surface area (Å²) in [4.78, 5) is 2.38. The van der Waals surface area contributed by atoms with Crippen LogP contribution in [0.25, 0.3) is 11.3 Å². The molecule has 3 rings (SSSR count). The molecule has 0 saturated carbocycles. The molecule has 4 nitrogen and oxygen atoms in total. The van der Waals surface area contributed by atoms with Gasteiger partial charge < -0.3 is 5.11 Å². The van der Waals surface area contributed by atoms with Gasteiger partial charge in [-0.05, 0) is 19.4 Å². The number of aryl methyl sites for hydroxylation is 1. The van der Waals surface area contributed by atoms with Crippen LogP contribution in [0.4, 0.5) is 0 Å². The average molecular weight is 334 g/mol. The molecule has 1 aliphatic rings. The summed E-state index contributed by atoms with van der Waals surface area (Å²) in [6.45, 7) is 5.09. The van der Waals surface area contributed by atoms with Crippen LogP contribution in [0, 0.1) is 5.41 Å².